The first-order valence-electron chi connectivity index (χ1n) is 17.9. The molecule has 4 aromatic rings. The smallest absolute Gasteiger partial charge is 0.415 e. The quantitative estimate of drug-likeness (QED) is 0.129. The maximum atomic E-state index is 13.8. The van der Waals surface area contributed by atoms with Gasteiger partial charge >= 0.3 is 18.7 Å². The number of amides is 1. The standard InChI is InChI=1S/C40H37Cl2F2N3O7/c41-30-17-45-18-31(42)27(30)16-35(26-11-12-34(53-38(43)44)36(15-26)51-21-24-5-6-24)52-37(49)25-9-7-23(8-10-25)19-47(32-3-1-2-4-33(32)48)39(50)54-40-22-46-14-13-28(40)29(40)20-46/h1-4,7-12,15,17-18,24,28-29,35,38,48H,5-6,13-14,16,19-22H2/p+1/t28?,29?,35-,40+/m0/s1. The van der Waals surface area contributed by atoms with Gasteiger partial charge in [-0.1, -0.05) is 53.5 Å². The van der Waals surface area contributed by atoms with Gasteiger partial charge in [-0.15, -0.1) is 0 Å². The largest absolute Gasteiger partial charge is 0.506 e. The van der Waals surface area contributed by atoms with Crippen LogP contribution in [0, 0.1) is 17.8 Å². The van der Waals surface area contributed by atoms with Gasteiger partial charge in [-0.2, -0.15) is 8.78 Å². The molecule has 0 radical (unpaired) electrons. The summed E-state index contributed by atoms with van der Waals surface area (Å²) < 4.78 is 49.4. The molecule has 3 aromatic carbocycles. The molecule has 3 unspecified atom stereocenters. The third-order valence-corrected chi connectivity index (χ3v) is 11.6. The fourth-order valence-electron chi connectivity index (χ4n) is 7.80. The van der Waals surface area contributed by atoms with Crippen molar-refractivity contribution in [3.05, 3.63) is 111 Å². The van der Waals surface area contributed by atoms with Gasteiger partial charge in [0, 0.05) is 36.9 Å². The summed E-state index contributed by atoms with van der Waals surface area (Å²) in [6.45, 7) is 0.0305. The van der Waals surface area contributed by atoms with Gasteiger partial charge < -0.3 is 24.1 Å². The van der Waals surface area contributed by atoms with Gasteiger partial charge in [-0.05, 0) is 79.3 Å². The highest BCUT2D eigenvalue weighted by molar-refractivity contribution is 6.35. The highest BCUT2D eigenvalue weighted by Crippen LogP contribution is 2.63. The molecule has 3 saturated heterocycles. The predicted octanol–water partition coefficient (Wildman–Crippen LogP) is 7.89. The lowest BCUT2D eigenvalue weighted by atomic mass is 10.0. The Bertz CT molecular complexity index is 2030. The van der Waals surface area contributed by atoms with E-state index in [0.717, 1.165) is 38.9 Å². The number of rotatable bonds is 14. The fourth-order valence-corrected chi connectivity index (χ4v) is 8.33. The Morgan fingerprint density at radius 3 is 2.39 bits per heavy atom. The summed E-state index contributed by atoms with van der Waals surface area (Å²) in [6.07, 6.45) is 4.65. The SMILES string of the molecule is O=C(O[C@@H](Cc1c(Cl)c[nH+]cc1Cl)c1ccc(OC(F)F)c(OCC2CC2)c1)c1ccc(CN(C(=O)O[C@]23CN4CCC2C3C4)c2ccccc2O)cc1. The number of carbonyl (C=O) groups is 2. The van der Waals surface area contributed by atoms with Crippen molar-refractivity contribution in [3.8, 4) is 17.2 Å². The van der Waals surface area contributed by atoms with Crippen molar-refractivity contribution in [2.24, 2.45) is 17.8 Å². The molecule has 3 aliphatic heterocycles. The lowest BCUT2D eigenvalue weighted by Gasteiger charge is -2.31. The Kier molecular flexibility index (Phi) is 10.0. The zero-order valence-corrected chi connectivity index (χ0v) is 30.6. The maximum absolute atomic E-state index is 13.8. The molecule has 54 heavy (non-hydrogen) atoms. The minimum Gasteiger partial charge on any atom is -0.506 e. The van der Waals surface area contributed by atoms with Crippen LogP contribution in [0.4, 0.5) is 19.3 Å². The normalized spacial score (nSPS) is 22.7. The predicted molar refractivity (Wildman–Crippen MR) is 194 cm³/mol. The number of H-pyrrole nitrogens is 1. The van der Waals surface area contributed by atoms with E-state index in [4.69, 9.17) is 42.1 Å². The number of phenols is 1. The number of nitrogens with one attached hydrogen (secondary N) is 1. The number of carbonyl (C=O) groups excluding carboxylic acids is 2. The van der Waals surface area contributed by atoms with E-state index in [-0.39, 0.29) is 35.8 Å². The Balaban J connectivity index is 1.02. The van der Waals surface area contributed by atoms with Crippen LogP contribution >= 0.6 is 23.2 Å². The van der Waals surface area contributed by atoms with Crippen LogP contribution in [0.3, 0.4) is 0 Å². The summed E-state index contributed by atoms with van der Waals surface area (Å²) in [5.74, 6) is 0.284. The second kappa shape index (κ2) is 14.9. The Labute approximate surface area is 320 Å². The summed E-state index contributed by atoms with van der Waals surface area (Å²) in [4.78, 5) is 34.1. The molecule has 2 aliphatic carbocycles. The number of nitrogens with zero attached hydrogens (tertiary/aromatic N) is 2. The maximum Gasteiger partial charge on any atom is 0.415 e. The molecule has 0 spiro atoms. The van der Waals surface area contributed by atoms with Crippen molar-refractivity contribution in [1.82, 2.24) is 4.90 Å². The van der Waals surface area contributed by atoms with E-state index < -0.39 is 30.4 Å². The Hall–Kier alpha value is -4.65. The number of pyridine rings is 1. The lowest BCUT2D eigenvalue weighted by molar-refractivity contribution is -0.377. The summed E-state index contributed by atoms with van der Waals surface area (Å²) in [5.41, 5.74) is 1.69. The minimum atomic E-state index is -3.06. The van der Waals surface area contributed by atoms with Crippen LogP contribution < -0.4 is 19.4 Å². The number of esters is 1. The number of hydrogen-bond acceptors (Lipinski definition) is 8. The van der Waals surface area contributed by atoms with E-state index in [1.165, 1.54) is 29.2 Å². The average Bonchev–Trinajstić information content (AvgIpc) is 4.07. The van der Waals surface area contributed by atoms with Crippen LogP contribution in [-0.4, -0.2) is 60.5 Å². The minimum absolute atomic E-state index is 0.0614. The van der Waals surface area contributed by atoms with E-state index in [2.05, 4.69) is 9.88 Å². The van der Waals surface area contributed by atoms with Crippen molar-refractivity contribution in [1.29, 1.82) is 0 Å². The molecule has 4 bridgehead atoms. The third-order valence-electron chi connectivity index (χ3n) is 10.9. The first-order chi connectivity index (χ1) is 26.1. The van der Waals surface area contributed by atoms with Crippen molar-refractivity contribution in [2.45, 2.75) is 50.5 Å². The number of aromatic hydroxyl groups is 1. The monoisotopic (exact) mass is 780 g/mol. The van der Waals surface area contributed by atoms with Gasteiger partial charge in [0.15, 0.2) is 23.9 Å². The molecular weight excluding hydrogens is 743 g/mol. The Morgan fingerprint density at radius 2 is 1.74 bits per heavy atom. The molecule has 2 N–H and O–H groups in total. The number of piperidine rings is 3. The van der Waals surface area contributed by atoms with Crippen LogP contribution in [0.1, 0.15) is 52.4 Å². The van der Waals surface area contributed by atoms with Crippen molar-refractivity contribution in [3.63, 3.8) is 0 Å². The second-order valence-corrected chi connectivity index (χ2v) is 15.2. The number of para-hydroxylation sites is 2. The molecule has 4 heterocycles. The van der Waals surface area contributed by atoms with Crippen molar-refractivity contribution in [2.75, 3.05) is 31.1 Å². The molecule has 5 aliphatic rings. The molecule has 9 rings (SSSR count). The number of phenolic OH excluding ortho intramolecular Hbond substituents is 1. The van der Waals surface area contributed by atoms with Crippen molar-refractivity contribution < 1.29 is 47.4 Å². The van der Waals surface area contributed by atoms with Gasteiger partial charge in [-0.3, -0.25) is 9.80 Å². The molecule has 5 atom stereocenters. The van der Waals surface area contributed by atoms with E-state index in [1.807, 2.05) is 0 Å². The summed E-state index contributed by atoms with van der Waals surface area (Å²) in [6, 6.07) is 17.6. The van der Waals surface area contributed by atoms with Crippen LogP contribution in [-0.2, 0) is 22.4 Å². The van der Waals surface area contributed by atoms with Gasteiger partial charge in [0.25, 0.3) is 0 Å². The molecular formula is C40H38Cl2F2N3O7+. The number of aromatic nitrogens is 1. The van der Waals surface area contributed by atoms with Gasteiger partial charge in [0.2, 0.25) is 0 Å². The number of aromatic amines is 1. The number of benzene rings is 3. The summed E-state index contributed by atoms with van der Waals surface area (Å²) >= 11 is 13.0. The number of fused-ring (bicyclic) bond motifs is 1. The van der Waals surface area contributed by atoms with E-state index in [9.17, 15) is 23.5 Å². The topological polar surface area (TPSA) is 112 Å². The molecule has 2 saturated carbocycles. The van der Waals surface area contributed by atoms with Crippen LogP contribution in [0.2, 0.25) is 10.0 Å². The molecule has 282 valence electrons. The molecule has 1 amide bonds. The Morgan fingerprint density at radius 1 is 0.981 bits per heavy atom. The zero-order chi connectivity index (χ0) is 37.6. The van der Waals surface area contributed by atoms with Crippen LogP contribution in [0.5, 0.6) is 17.2 Å². The van der Waals surface area contributed by atoms with Crippen LogP contribution in [0.15, 0.2) is 79.1 Å². The fraction of sp³-hybridized carbons (Fsp3) is 0.375. The lowest BCUT2D eigenvalue weighted by Crippen LogP contribution is -2.42. The van der Waals surface area contributed by atoms with E-state index >= 15 is 0 Å². The number of ether oxygens (including phenoxy) is 4. The van der Waals surface area contributed by atoms with E-state index in [1.54, 1.807) is 54.9 Å². The second-order valence-electron chi connectivity index (χ2n) is 14.4. The number of anilines is 1. The van der Waals surface area contributed by atoms with Crippen molar-refractivity contribution >= 4 is 41.0 Å². The zero-order valence-electron chi connectivity index (χ0n) is 29.1. The van der Waals surface area contributed by atoms with Crippen LogP contribution in [0.25, 0.3) is 0 Å². The first kappa shape index (κ1) is 36.3. The first-order valence-corrected chi connectivity index (χ1v) is 18.7. The highest BCUT2D eigenvalue weighted by atomic mass is 35.5. The van der Waals surface area contributed by atoms with Gasteiger partial charge in [0.1, 0.15) is 27.5 Å². The number of alkyl halides is 2. The third kappa shape index (κ3) is 7.51. The summed E-state index contributed by atoms with van der Waals surface area (Å²) in [7, 11) is 0. The van der Waals surface area contributed by atoms with E-state index in [0.29, 0.717) is 56.8 Å². The molecule has 1 aromatic heterocycles. The molecule has 5 fully saturated rings. The number of hydrogen-bond donors (Lipinski definition) is 1. The highest BCUT2D eigenvalue weighted by Gasteiger charge is 2.74. The number of halogens is 4. The summed E-state index contributed by atoms with van der Waals surface area (Å²) in [5, 5.41) is 11.4. The van der Waals surface area contributed by atoms with Gasteiger partial charge in [0.05, 0.1) is 24.4 Å². The molecule has 14 heteroatoms. The van der Waals surface area contributed by atoms with Gasteiger partial charge in [-0.25, -0.2) is 14.6 Å². The average molecular weight is 782 g/mol. The molecule has 10 nitrogen and oxygen atoms in total.